The van der Waals surface area contributed by atoms with E-state index in [4.69, 9.17) is 15.2 Å². The van der Waals surface area contributed by atoms with E-state index in [1.165, 1.54) is 10.7 Å². The van der Waals surface area contributed by atoms with E-state index in [0.29, 0.717) is 68.6 Å². The van der Waals surface area contributed by atoms with Crippen LogP contribution in [0.4, 0.5) is 13.6 Å². The van der Waals surface area contributed by atoms with Crippen molar-refractivity contribution in [3.63, 3.8) is 0 Å². The second-order valence-electron chi connectivity index (χ2n) is 14.0. The highest BCUT2D eigenvalue weighted by molar-refractivity contribution is 8.00. The number of nitrogens with two attached hydrogens (primary N) is 1. The normalized spacial score (nSPS) is 17.5. The minimum absolute atomic E-state index is 0.0241. The molecule has 0 spiro atoms. The van der Waals surface area contributed by atoms with Crippen LogP contribution in [0, 0.1) is 11.6 Å². The number of ether oxygens (including phenoxy) is 2. The van der Waals surface area contributed by atoms with Crippen LogP contribution < -0.4 is 37.1 Å². The maximum absolute atomic E-state index is 14.0. The number of Topliss-reactive ketones (excluding diaryl/α,β-unsaturated/α-hetero) is 1. The van der Waals surface area contributed by atoms with Gasteiger partial charge in [-0.1, -0.05) is 23.8 Å². The predicted molar refractivity (Wildman–Crippen MR) is 211 cm³/mol. The van der Waals surface area contributed by atoms with Crippen molar-refractivity contribution in [3.05, 3.63) is 71.6 Å². The van der Waals surface area contributed by atoms with Crippen molar-refractivity contribution in [2.24, 2.45) is 5.73 Å². The average molecular weight is 828 g/mol. The largest absolute Gasteiger partial charge is 0.480 e. The number of urea groups is 1. The van der Waals surface area contributed by atoms with E-state index in [-0.39, 0.29) is 54.9 Å². The predicted octanol–water partition coefficient (Wildman–Crippen LogP) is 2.68. The van der Waals surface area contributed by atoms with Crippen LogP contribution in [0.2, 0.25) is 0 Å². The zero-order valence-electron chi connectivity index (χ0n) is 32.2. The van der Waals surface area contributed by atoms with Crippen molar-refractivity contribution in [1.29, 1.82) is 0 Å². The second kappa shape index (κ2) is 22.7. The lowest BCUT2D eigenvalue weighted by Crippen LogP contribution is -2.43. The zero-order valence-corrected chi connectivity index (χ0v) is 33.0. The quantitative estimate of drug-likeness (QED) is 0.0539. The van der Waals surface area contributed by atoms with E-state index in [9.17, 15) is 32.8 Å². The summed E-state index contributed by atoms with van der Waals surface area (Å²) in [4.78, 5) is 62.4. The van der Waals surface area contributed by atoms with Crippen molar-refractivity contribution in [2.75, 3.05) is 38.7 Å². The first-order chi connectivity index (χ1) is 28.1. The number of nitrogens with zero attached hydrogens (tertiary/aromatic N) is 3. The van der Waals surface area contributed by atoms with E-state index in [1.54, 1.807) is 30.5 Å². The third kappa shape index (κ3) is 13.5. The van der Waals surface area contributed by atoms with Crippen LogP contribution in [0.15, 0.2) is 48.7 Å². The van der Waals surface area contributed by atoms with Crippen molar-refractivity contribution in [2.45, 2.75) is 87.7 Å². The molecule has 1 aromatic heterocycles. The molecule has 58 heavy (non-hydrogen) atoms. The first-order valence-corrected chi connectivity index (χ1v) is 20.6. The highest BCUT2D eigenvalue weighted by Gasteiger charge is 2.42. The van der Waals surface area contributed by atoms with E-state index >= 15 is 0 Å². The molecule has 5 rings (SSSR count). The number of unbranched alkanes of at least 4 members (excludes halogenated alkanes) is 2. The molecule has 0 aliphatic carbocycles. The highest BCUT2D eigenvalue weighted by Crippen LogP contribution is 2.33. The molecule has 2 aliphatic rings. The van der Waals surface area contributed by atoms with Crippen LogP contribution in [0.5, 0.6) is 5.75 Å². The van der Waals surface area contributed by atoms with Crippen molar-refractivity contribution in [3.8, 4) is 11.4 Å². The number of para-hydroxylation sites is 1. The van der Waals surface area contributed by atoms with Crippen LogP contribution in [-0.2, 0) is 25.7 Å². The Morgan fingerprint density at radius 1 is 0.966 bits per heavy atom. The SMILES string of the molecule is NCCCCC(NC(=O)c1cccc(-n2cc(CNC(=O)CCCOCCNC(=O)CCCC[C@@H]3SC[C@@H]4NC(=O)N[C@@H]43)nn2)c1)C(=O)COc1c(F)cccc1F. The molecule has 7 N–H and O–H groups in total. The van der Waals surface area contributed by atoms with Crippen LogP contribution in [0.25, 0.3) is 5.69 Å². The van der Waals surface area contributed by atoms with Gasteiger partial charge in [-0.15, -0.1) is 5.10 Å². The van der Waals surface area contributed by atoms with Gasteiger partial charge in [-0.05, 0) is 75.4 Å². The van der Waals surface area contributed by atoms with E-state index in [1.807, 2.05) is 11.8 Å². The average Bonchev–Trinajstić information content (AvgIpc) is 3.94. The van der Waals surface area contributed by atoms with Crippen LogP contribution in [0.3, 0.4) is 0 Å². The number of hydrogen-bond donors (Lipinski definition) is 6. The van der Waals surface area contributed by atoms with Gasteiger partial charge >= 0.3 is 6.03 Å². The van der Waals surface area contributed by atoms with Gasteiger partial charge in [0, 0.05) is 42.6 Å². The van der Waals surface area contributed by atoms with Crippen LogP contribution in [0.1, 0.15) is 73.8 Å². The van der Waals surface area contributed by atoms with Gasteiger partial charge in [-0.3, -0.25) is 19.2 Å². The number of fused-ring (bicyclic) bond motifs is 1. The standard InChI is InChI=1S/C39H51F2N9O7S/c40-28-10-6-11-29(41)37(28)57-23-32(51)30(12-3-4-16-42)45-38(54)25-8-5-9-27(20-25)50-22-26(48-49-50)21-44-35(53)15-7-18-56-19-17-43-34(52)14-2-1-13-33-36-31(24-58-33)46-39(55)47-36/h5-6,8-11,20,22,30-31,33,36H,1-4,7,12-19,21,23-24,42H2,(H,43,52)(H,44,53)(H,45,54)(H2,46,47,55)/t30?,31-,33-,36-/m0/s1. The number of amides is 5. The number of halogens is 2. The summed E-state index contributed by atoms with van der Waals surface area (Å²) in [5.74, 6) is -2.96. The molecule has 2 saturated heterocycles. The molecule has 2 fully saturated rings. The smallest absolute Gasteiger partial charge is 0.315 e. The number of rotatable bonds is 25. The fourth-order valence-electron chi connectivity index (χ4n) is 6.55. The third-order valence-electron chi connectivity index (χ3n) is 9.64. The Morgan fingerprint density at radius 3 is 2.55 bits per heavy atom. The van der Waals surface area contributed by atoms with Gasteiger partial charge < -0.3 is 41.8 Å². The summed E-state index contributed by atoms with van der Waals surface area (Å²) in [6.45, 7) is 0.967. The lowest BCUT2D eigenvalue weighted by atomic mass is 10.0. The van der Waals surface area contributed by atoms with Gasteiger partial charge in [0.1, 0.15) is 12.3 Å². The molecule has 0 saturated carbocycles. The van der Waals surface area contributed by atoms with Crippen molar-refractivity contribution < 1.29 is 42.2 Å². The Labute approximate surface area is 339 Å². The Morgan fingerprint density at radius 2 is 1.74 bits per heavy atom. The number of aromatic nitrogens is 3. The summed E-state index contributed by atoms with van der Waals surface area (Å²) in [6, 6.07) is 9.00. The fraction of sp³-hybridized carbons (Fsp3) is 0.513. The summed E-state index contributed by atoms with van der Waals surface area (Å²) in [5, 5.41) is 22.9. The number of carbonyl (C=O) groups excluding carboxylic acids is 5. The molecular weight excluding hydrogens is 777 g/mol. The summed E-state index contributed by atoms with van der Waals surface area (Å²) in [5.41, 5.74) is 6.82. The summed E-state index contributed by atoms with van der Waals surface area (Å²) >= 11 is 1.87. The molecule has 0 bridgehead atoms. The Bertz CT molecular complexity index is 1850. The van der Waals surface area contributed by atoms with Gasteiger partial charge in [0.25, 0.3) is 5.91 Å². The Balaban J connectivity index is 0.956. The van der Waals surface area contributed by atoms with Crippen molar-refractivity contribution >= 4 is 41.3 Å². The number of ketones is 1. The first kappa shape index (κ1) is 44.0. The molecule has 314 valence electrons. The highest BCUT2D eigenvalue weighted by atomic mass is 32.2. The lowest BCUT2D eigenvalue weighted by Gasteiger charge is -2.18. The van der Waals surface area contributed by atoms with Gasteiger partial charge in [0.2, 0.25) is 11.8 Å². The Kier molecular flexibility index (Phi) is 17.2. The molecular formula is C39H51F2N9O7S. The molecule has 2 aromatic carbocycles. The van der Waals surface area contributed by atoms with Gasteiger partial charge in [0.05, 0.1) is 43.2 Å². The molecule has 16 nitrogen and oxygen atoms in total. The molecule has 19 heteroatoms. The van der Waals surface area contributed by atoms with E-state index in [0.717, 1.165) is 37.1 Å². The maximum atomic E-state index is 14.0. The Hall–Kier alpha value is -5.14. The monoisotopic (exact) mass is 827 g/mol. The van der Waals surface area contributed by atoms with Crippen molar-refractivity contribution in [1.82, 2.24) is 41.6 Å². The third-order valence-corrected chi connectivity index (χ3v) is 11.1. The molecule has 4 atom stereocenters. The maximum Gasteiger partial charge on any atom is 0.315 e. The lowest BCUT2D eigenvalue weighted by molar-refractivity contribution is -0.123. The van der Waals surface area contributed by atoms with Crippen LogP contribution in [-0.4, -0.2) is 107 Å². The first-order valence-electron chi connectivity index (χ1n) is 19.5. The number of thioether (sulfide) groups is 1. The fourth-order valence-corrected chi connectivity index (χ4v) is 8.09. The second-order valence-corrected chi connectivity index (χ2v) is 15.3. The zero-order chi connectivity index (χ0) is 41.3. The molecule has 0 radical (unpaired) electrons. The molecule has 2 aliphatic heterocycles. The van der Waals surface area contributed by atoms with E-state index < -0.39 is 41.7 Å². The van der Waals surface area contributed by atoms with E-state index in [2.05, 4.69) is 36.9 Å². The number of carbonyl (C=O) groups is 5. The molecule has 5 amide bonds. The molecule has 3 aromatic rings. The number of hydrogen-bond acceptors (Lipinski definition) is 11. The summed E-state index contributed by atoms with van der Waals surface area (Å²) < 4.78 is 40.2. The summed E-state index contributed by atoms with van der Waals surface area (Å²) in [6.07, 6.45) is 6.84. The van der Waals surface area contributed by atoms with Crippen LogP contribution >= 0.6 is 11.8 Å². The minimum atomic E-state index is -0.988. The van der Waals surface area contributed by atoms with Gasteiger partial charge in [-0.2, -0.15) is 11.8 Å². The topological polar surface area (TPSA) is 221 Å². The molecule has 1 unspecified atom stereocenters. The van der Waals surface area contributed by atoms with Gasteiger partial charge in [-0.25, -0.2) is 18.3 Å². The molecule has 3 heterocycles. The number of benzene rings is 2. The van der Waals surface area contributed by atoms with Gasteiger partial charge in [0.15, 0.2) is 23.2 Å². The number of nitrogens with one attached hydrogen (secondary N) is 5. The minimum Gasteiger partial charge on any atom is -0.480 e. The summed E-state index contributed by atoms with van der Waals surface area (Å²) in [7, 11) is 0.